The van der Waals surface area contributed by atoms with Crippen LogP contribution in [0.15, 0.2) is 26.3 Å². The maximum absolute atomic E-state index is 12.1. The molecule has 1 N–H and O–H groups in total. The first-order valence-corrected chi connectivity index (χ1v) is 8.94. The molecule has 1 aromatic heterocycles. The number of nitrogens with zero attached hydrogens (tertiary/aromatic N) is 1. The molecule has 4 aliphatic carbocycles. The minimum absolute atomic E-state index is 0.242. The van der Waals surface area contributed by atoms with Crippen LogP contribution in [0, 0.1) is 23.2 Å². The number of carbonyl (C=O) groups is 1. The van der Waals surface area contributed by atoms with Crippen molar-refractivity contribution in [3.8, 4) is 0 Å². The van der Waals surface area contributed by atoms with Gasteiger partial charge in [-0.2, -0.15) is 5.10 Å². The van der Waals surface area contributed by atoms with Crippen molar-refractivity contribution in [2.45, 2.75) is 45.4 Å². The lowest BCUT2D eigenvalue weighted by Crippen LogP contribution is -2.49. The van der Waals surface area contributed by atoms with Crippen molar-refractivity contribution in [3.63, 3.8) is 0 Å². The first-order valence-electron chi connectivity index (χ1n) is 8.14. The Labute approximate surface area is 138 Å². The van der Waals surface area contributed by atoms with Crippen LogP contribution >= 0.6 is 15.9 Å². The van der Waals surface area contributed by atoms with Crippen LogP contribution in [-0.2, 0) is 0 Å². The van der Waals surface area contributed by atoms with Crippen LogP contribution in [-0.4, -0.2) is 11.6 Å². The second kappa shape index (κ2) is 5.22. The lowest BCUT2D eigenvalue weighted by Gasteiger charge is -2.56. The number of carbonyl (C=O) groups excluding carboxylic acids is 1. The van der Waals surface area contributed by atoms with Gasteiger partial charge in [-0.25, -0.2) is 5.43 Å². The Morgan fingerprint density at radius 3 is 2.32 bits per heavy atom. The van der Waals surface area contributed by atoms with Gasteiger partial charge in [0.1, 0.15) is 0 Å². The zero-order valence-electron chi connectivity index (χ0n) is 12.8. The summed E-state index contributed by atoms with van der Waals surface area (Å²) in [6.07, 6.45) is 8.03. The van der Waals surface area contributed by atoms with Gasteiger partial charge >= 0.3 is 5.91 Å². The van der Waals surface area contributed by atoms with Gasteiger partial charge < -0.3 is 4.42 Å². The van der Waals surface area contributed by atoms with E-state index < -0.39 is 0 Å². The monoisotopic (exact) mass is 364 g/mol. The molecule has 1 aromatic rings. The Balaban J connectivity index is 1.49. The van der Waals surface area contributed by atoms with Gasteiger partial charge in [0, 0.05) is 11.1 Å². The minimum atomic E-state index is -0.283. The van der Waals surface area contributed by atoms with Crippen molar-refractivity contribution in [2.75, 3.05) is 0 Å². The molecule has 4 aliphatic rings. The van der Waals surface area contributed by atoms with Crippen LogP contribution in [0.25, 0.3) is 0 Å². The van der Waals surface area contributed by atoms with E-state index in [0.717, 1.165) is 23.5 Å². The SMILES string of the molecule is CC(=NNC(=O)c1ccc(Br)o1)C12CC3CC(CC(C3)C1)C2. The summed E-state index contributed by atoms with van der Waals surface area (Å²) in [5.74, 6) is 2.65. The molecule has 0 spiro atoms. The van der Waals surface area contributed by atoms with Gasteiger partial charge in [0.2, 0.25) is 0 Å². The fourth-order valence-electron chi connectivity index (χ4n) is 5.30. The van der Waals surface area contributed by atoms with Gasteiger partial charge in [-0.3, -0.25) is 4.79 Å². The summed E-state index contributed by atoms with van der Waals surface area (Å²) in [4.78, 5) is 12.1. The van der Waals surface area contributed by atoms with Crippen molar-refractivity contribution >= 4 is 27.5 Å². The average molecular weight is 365 g/mol. The van der Waals surface area contributed by atoms with E-state index >= 15 is 0 Å². The van der Waals surface area contributed by atoms with Crippen molar-refractivity contribution < 1.29 is 9.21 Å². The third kappa shape index (κ3) is 2.43. The quantitative estimate of drug-likeness (QED) is 0.639. The highest BCUT2D eigenvalue weighted by molar-refractivity contribution is 9.10. The molecule has 0 radical (unpaired) electrons. The van der Waals surface area contributed by atoms with Crippen molar-refractivity contribution in [3.05, 3.63) is 22.6 Å². The van der Waals surface area contributed by atoms with Gasteiger partial charge in [0.15, 0.2) is 10.4 Å². The zero-order valence-corrected chi connectivity index (χ0v) is 14.4. The van der Waals surface area contributed by atoms with E-state index in [4.69, 9.17) is 4.42 Å². The molecule has 4 bridgehead atoms. The minimum Gasteiger partial charge on any atom is -0.444 e. The largest absolute Gasteiger partial charge is 0.444 e. The molecule has 0 unspecified atom stereocenters. The van der Waals surface area contributed by atoms with Crippen LogP contribution in [0.3, 0.4) is 0 Å². The highest BCUT2D eigenvalue weighted by Crippen LogP contribution is 2.60. The number of furan rings is 1. The van der Waals surface area contributed by atoms with E-state index in [-0.39, 0.29) is 17.1 Å². The topological polar surface area (TPSA) is 54.6 Å². The highest BCUT2D eigenvalue weighted by atomic mass is 79.9. The van der Waals surface area contributed by atoms with Gasteiger partial charge in [-0.1, -0.05) is 0 Å². The zero-order chi connectivity index (χ0) is 15.3. The molecular weight excluding hydrogens is 344 g/mol. The fraction of sp³-hybridized carbons (Fsp3) is 0.647. The molecule has 0 saturated heterocycles. The number of rotatable bonds is 3. The highest BCUT2D eigenvalue weighted by Gasteiger charge is 2.52. The van der Waals surface area contributed by atoms with Crippen LogP contribution in [0.1, 0.15) is 56.0 Å². The maximum atomic E-state index is 12.1. The molecule has 4 fully saturated rings. The first kappa shape index (κ1) is 14.5. The number of hydrogen-bond acceptors (Lipinski definition) is 3. The Bertz CT molecular complexity index is 599. The van der Waals surface area contributed by atoms with Crippen molar-refractivity contribution in [1.29, 1.82) is 0 Å². The summed E-state index contributed by atoms with van der Waals surface area (Å²) in [6, 6.07) is 3.36. The molecule has 4 nitrogen and oxygen atoms in total. The van der Waals surface area contributed by atoms with E-state index in [1.54, 1.807) is 12.1 Å². The predicted molar refractivity (Wildman–Crippen MR) is 87.6 cm³/mol. The number of amides is 1. The molecule has 22 heavy (non-hydrogen) atoms. The Hall–Kier alpha value is -1.10. The number of hydrogen-bond donors (Lipinski definition) is 1. The standard InChI is InChI=1S/C17H21BrN2O2/c1-10(19-20-16(21)14-2-3-15(18)22-14)17-7-11-4-12(8-17)6-13(5-11)9-17/h2-3,11-13H,4-9H2,1H3,(H,20,21). The molecule has 0 aliphatic heterocycles. The Morgan fingerprint density at radius 1 is 1.23 bits per heavy atom. The molecule has 5 rings (SSSR count). The lowest BCUT2D eigenvalue weighted by atomic mass is 9.48. The molecule has 4 saturated carbocycles. The molecular formula is C17H21BrN2O2. The average Bonchev–Trinajstić information content (AvgIpc) is 2.89. The van der Waals surface area contributed by atoms with Crippen LogP contribution < -0.4 is 5.43 Å². The van der Waals surface area contributed by atoms with E-state index in [1.807, 2.05) is 0 Å². The summed E-state index contributed by atoms with van der Waals surface area (Å²) in [7, 11) is 0. The molecule has 5 heteroatoms. The van der Waals surface area contributed by atoms with Gasteiger partial charge in [0.05, 0.1) is 0 Å². The summed E-state index contributed by atoms with van der Waals surface area (Å²) >= 11 is 3.21. The van der Waals surface area contributed by atoms with E-state index in [2.05, 4.69) is 33.4 Å². The molecule has 0 aromatic carbocycles. The number of halogens is 1. The summed E-state index contributed by atoms with van der Waals surface area (Å²) < 4.78 is 5.82. The van der Waals surface area contributed by atoms with E-state index in [9.17, 15) is 4.79 Å². The number of nitrogens with one attached hydrogen (secondary N) is 1. The maximum Gasteiger partial charge on any atom is 0.307 e. The summed E-state index contributed by atoms with van der Waals surface area (Å²) in [6.45, 7) is 2.09. The van der Waals surface area contributed by atoms with E-state index in [0.29, 0.717) is 4.67 Å². The molecule has 1 heterocycles. The van der Waals surface area contributed by atoms with Crippen molar-refractivity contribution in [2.24, 2.45) is 28.3 Å². The van der Waals surface area contributed by atoms with Crippen LogP contribution in [0.4, 0.5) is 0 Å². The second-order valence-electron chi connectivity index (χ2n) is 7.44. The Morgan fingerprint density at radius 2 is 1.82 bits per heavy atom. The second-order valence-corrected chi connectivity index (χ2v) is 8.22. The summed E-state index contributed by atoms with van der Waals surface area (Å²) in [5.41, 5.74) is 4.02. The first-order chi connectivity index (χ1) is 10.5. The third-order valence-electron chi connectivity index (χ3n) is 5.93. The lowest BCUT2D eigenvalue weighted by molar-refractivity contribution is -0.0128. The summed E-state index contributed by atoms with van der Waals surface area (Å²) in [5, 5.41) is 4.44. The van der Waals surface area contributed by atoms with Gasteiger partial charge in [-0.15, -0.1) is 0 Å². The Kier molecular flexibility index (Phi) is 3.44. The smallest absolute Gasteiger partial charge is 0.307 e. The fourth-order valence-corrected chi connectivity index (χ4v) is 5.60. The van der Waals surface area contributed by atoms with Gasteiger partial charge in [-0.05, 0) is 91.3 Å². The normalized spacial score (nSPS) is 36.6. The third-order valence-corrected chi connectivity index (χ3v) is 6.35. The van der Waals surface area contributed by atoms with Gasteiger partial charge in [0.25, 0.3) is 0 Å². The van der Waals surface area contributed by atoms with Crippen LogP contribution in [0.2, 0.25) is 0 Å². The molecule has 118 valence electrons. The predicted octanol–water partition coefficient (Wildman–Crippen LogP) is 4.36. The van der Waals surface area contributed by atoms with Crippen LogP contribution in [0.5, 0.6) is 0 Å². The number of hydrazone groups is 1. The molecule has 1 amide bonds. The van der Waals surface area contributed by atoms with Crippen molar-refractivity contribution in [1.82, 2.24) is 5.43 Å². The van der Waals surface area contributed by atoms with E-state index in [1.165, 1.54) is 38.5 Å². The molecule has 0 atom stereocenters.